The van der Waals surface area contributed by atoms with Crippen molar-refractivity contribution in [3.8, 4) is 11.1 Å². The average molecular weight is 836 g/mol. The van der Waals surface area contributed by atoms with Crippen LogP contribution in [-0.4, -0.2) is 0 Å². The number of anilines is 9. The highest BCUT2D eigenvalue weighted by molar-refractivity contribution is 6.09. The molecule has 0 saturated heterocycles. The maximum atomic E-state index is 6.67. The molecule has 12 rings (SSSR count). The average Bonchev–Trinajstić information content (AvgIpc) is 3.93. The molecule has 0 aliphatic rings. The van der Waals surface area contributed by atoms with Gasteiger partial charge in [0.1, 0.15) is 22.3 Å². The molecule has 0 atom stereocenters. The third-order valence-electron chi connectivity index (χ3n) is 12.2. The lowest BCUT2D eigenvalue weighted by molar-refractivity contribution is 0.669. The molecule has 0 aliphatic heterocycles. The van der Waals surface area contributed by atoms with E-state index in [2.05, 4.69) is 263 Å². The number of para-hydroxylation sites is 4. The van der Waals surface area contributed by atoms with Gasteiger partial charge in [-0.25, -0.2) is 0 Å². The van der Waals surface area contributed by atoms with Crippen molar-refractivity contribution < 1.29 is 8.83 Å². The molecule has 0 N–H and O–H groups in total. The first-order valence-corrected chi connectivity index (χ1v) is 21.9. The van der Waals surface area contributed by atoms with E-state index in [0.29, 0.717) is 0 Å². The summed E-state index contributed by atoms with van der Waals surface area (Å²) in [6.07, 6.45) is 0. The Labute approximate surface area is 376 Å². The zero-order valence-corrected chi connectivity index (χ0v) is 35.3. The van der Waals surface area contributed by atoms with E-state index >= 15 is 0 Å². The van der Waals surface area contributed by atoms with Crippen LogP contribution in [0.3, 0.4) is 0 Å². The van der Waals surface area contributed by atoms with E-state index in [0.717, 1.165) is 101 Å². The second-order valence-electron chi connectivity index (χ2n) is 16.2. The zero-order valence-electron chi connectivity index (χ0n) is 35.3. The van der Waals surface area contributed by atoms with Crippen LogP contribution in [-0.2, 0) is 0 Å². The van der Waals surface area contributed by atoms with Crippen LogP contribution in [0.4, 0.5) is 51.2 Å². The molecule has 0 unspecified atom stereocenters. The van der Waals surface area contributed by atoms with Crippen molar-refractivity contribution in [2.75, 3.05) is 14.7 Å². The van der Waals surface area contributed by atoms with Crippen LogP contribution in [0.2, 0.25) is 0 Å². The van der Waals surface area contributed by atoms with E-state index in [4.69, 9.17) is 8.83 Å². The van der Waals surface area contributed by atoms with Gasteiger partial charge < -0.3 is 23.5 Å². The summed E-state index contributed by atoms with van der Waals surface area (Å²) in [5.74, 6) is 0. The highest BCUT2D eigenvalue weighted by Crippen LogP contribution is 2.44. The molecule has 12 aromatic rings. The zero-order chi connectivity index (χ0) is 43.1. The molecule has 2 aromatic heterocycles. The molecule has 0 amide bonds. The Morgan fingerprint density at radius 2 is 0.492 bits per heavy atom. The van der Waals surface area contributed by atoms with E-state index in [9.17, 15) is 0 Å². The van der Waals surface area contributed by atoms with Gasteiger partial charge in [-0.3, -0.25) is 0 Å². The molecule has 0 aliphatic carbocycles. The number of rotatable bonds is 10. The minimum Gasteiger partial charge on any atom is -0.456 e. The molecule has 0 saturated carbocycles. The summed E-state index contributed by atoms with van der Waals surface area (Å²) in [7, 11) is 0. The lowest BCUT2D eigenvalue weighted by Crippen LogP contribution is -2.09. The van der Waals surface area contributed by atoms with Crippen LogP contribution < -0.4 is 14.7 Å². The first kappa shape index (κ1) is 37.9. The van der Waals surface area contributed by atoms with Crippen LogP contribution >= 0.6 is 0 Å². The van der Waals surface area contributed by atoms with Gasteiger partial charge in [0.2, 0.25) is 0 Å². The van der Waals surface area contributed by atoms with Gasteiger partial charge in [0, 0.05) is 84.9 Å². The summed E-state index contributed by atoms with van der Waals surface area (Å²) >= 11 is 0. The van der Waals surface area contributed by atoms with Crippen LogP contribution in [0.25, 0.3) is 55.0 Å². The van der Waals surface area contributed by atoms with Gasteiger partial charge in [-0.05, 0) is 132 Å². The van der Waals surface area contributed by atoms with Crippen molar-refractivity contribution in [1.82, 2.24) is 0 Å². The van der Waals surface area contributed by atoms with Crippen LogP contribution in [0.5, 0.6) is 0 Å². The SMILES string of the molecule is c1ccc(-c2ccc(N(c3ccc4c(c3)oc3ccc(N(c5ccccc5)c5ccccc5)cc34)c3ccc4c(c3)oc3ccc(N(c5ccccc5)c5ccccc5)cc34)cc2)cc1. The summed E-state index contributed by atoms with van der Waals surface area (Å²) in [4.78, 5) is 6.85. The maximum Gasteiger partial charge on any atom is 0.137 e. The molecule has 0 fully saturated rings. The lowest BCUT2D eigenvalue weighted by atomic mass is 10.0. The molecule has 0 spiro atoms. The number of nitrogens with zero attached hydrogens (tertiary/aromatic N) is 3. The second kappa shape index (κ2) is 16.2. The topological polar surface area (TPSA) is 36.0 Å². The van der Waals surface area contributed by atoms with Crippen molar-refractivity contribution in [2.45, 2.75) is 0 Å². The molecular formula is C60H41N3O2. The fourth-order valence-corrected chi connectivity index (χ4v) is 9.15. The molecule has 65 heavy (non-hydrogen) atoms. The van der Waals surface area contributed by atoms with Crippen molar-refractivity contribution in [1.29, 1.82) is 0 Å². The Kier molecular flexibility index (Phi) is 9.42. The molecule has 0 bridgehead atoms. The van der Waals surface area contributed by atoms with E-state index in [1.165, 1.54) is 5.56 Å². The van der Waals surface area contributed by atoms with Crippen LogP contribution in [0.1, 0.15) is 0 Å². The minimum absolute atomic E-state index is 0.810. The highest BCUT2D eigenvalue weighted by Gasteiger charge is 2.21. The Morgan fingerprint density at radius 1 is 0.200 bits per heavy atom. The fourth-order valence-electron chi connectivity index (χ4n) is 9.15. The highest BCUT2D eigenvalue weighted by atomic mass is 16.3. The van der Waals surface area contributed by atoms with E-state index in [-0.39, 0.29) is 0 Å². The number of benzene rings is 10. The van der Waals surface area contributed by atoms with Gasteiger partial charge in [0.25, 0.3) is 0 Å². The largest absolute Gasteiger partial charge is 0.456 e. The monoisotopic (exact) mass is 835 g/mol. The molecule has 10 aromatic carbocycles. The summed E-state index contributed by atoms with van der Waals surface area (Å²) in [5.41, 5.74) is 15.0. The molecule has 308 valence electrons. The standard InChI is InChI=1S/C60H41N3O2/c1-6-16-42(17-7-1)43-26-28-48(29-27-43)63(51-30-34-53-55-38-49(32-36-57(55)64-59(53)40-51)61(44-18-8-2-9-19-44)45-20-10-3-11-21-45)52-31-35-54-56-39-50(33-37-58(56)65-60(54)41-52)62(46-22-12-4-13-23-46)47-24-14-5-15-25-47/h1-41H. The third-order valence-corrected chi connectivity index (χ3v) is 12.2. The molecule has 5 heteroatoms. The van der Waals surface area contributed by atoms with E-state index < -0.39 is 0 Å². The lowest BCUT2D eigenvalue weighted by Gasteiger charge is -2.26. The number of hydrogen-bond acceptors (Lipinski definition) is 5. The molecule has 5 nitrogen and oxygen atoms in total. The molecule has 0 radical (unpaired) electrons. The second-order valence-corrected chi connectivity index (χ2v) is 16.2. The normalized spacial score (nSPS) is 11.4. The van der Waals surface area contributed by atoms with Crippen molar-refractivity contribution in [3.63, 3.8) is 0 Å². The number of fused-ring (bicyclic) bond motifs is 6. The molecular weight excluding hydrogens is 795 g/mol. The van der Waals surface area contributed by atoms with E-state index in [1.54, 1.807) is 0 Å². The van der Waals surface area contributed by atoms with Crippen LogP contribution in [0.15, 0.2) is 258 Å². The van der Waals surface area contributed by atoms with Crippen LogP contribution in [0, 0.1) is 0 Å². The van der Waals surface area contributed by atoms with Gasteiger partial charge in [0.05, 0.1) is 0 Å². The first-order valence-electron chi connectivity index (χ1n) is 21.9. The van der Waals surface area contributed by atoms with E-state index in [1.807, 2.05) is 0 Å². The Hall–Kier alpha value is -8.80. The van der Waals surface area contributed by atoms with Gasteiger partial charge in [-0.15, -0.1) is 0 Å². The Balaban J connectivity index is 0.966. The fraction of sp³-hybridized carbons (Fsp3) is 0. The Bertz CT molecular complexity index is 3310. The van der Waals surface area contributed by atoms with Gasteiger partial charge >= 0.3 is 0 Å². The van der Waals surface area contributed by atoms with Gasteiger partial charge in [-0.2, -0.15) is 0 Å². The summed E-state index contributed by atoms with van der Waals surface area (Å²) < 4.78 is 13.3. The first-order chi connectivity index (χ1) is 32.2. The predicted molar refractivity (Wildman–Crippen MR) is 270 cm³/mol. The summed E-state index contributed by atoms with van der Waals surface area (Å²) in [6.45, 7) is 0. The van der Waals surface area contributed by atoms with Gasteiger partial charge in [0.15, 0.2) is 0 Å². The van der Waals surface area contributed by atoms with Gasteiger partial charge in [-0.1, -0.05) is 115 Å². The third kappa shape index (κ3) is 7.02. The predicted octanol–water partition coefficient (Wildman–Crippen LogP) is 17.6. The maximum absolute atomic E-state index is 6.67. The minimum atomic E-state index is 0.810. The number of hydrogen-bond donors (Lipinski definition) is 0. The quantitative estimate of drug-likeness (QED) is 0.137. The van der Waals surface area contributed by atoms with Crippen molar-refractivity contribution in [2.24, 2.45) is 0 Å². The molecule has 2 heterocycles. The Morgan fingerprint density at radius 3 is 0.892 bits per heavy atom. The van der Waals surface area contributed by atoms with Crippen molar-refractivity contribution >= 4 is 95.1 Å². The number of furan rings is 2. The smallest absolute Gasteiger partial charge is 0.137 e. The summed E-state index contributed by atoms with van der Waals surface area (Å²) in [6, 6.07) is 87.2. The summed E-state index contributed by atoms with van der Waals surface area (Å²) in [5, 5.41) is 4.21. The van der Waals surface area contributed by atoms with Crippen molar-refractivity contribution in [3.05, 3.63) is 249 Å².